The molecule has 1 aliphatic rings. The van der Waals surface area contributed by atoms with E-state index in [2.05, 4.69) is 5.16 Å². The summed E-state index contributed by atoms with van der Waals surface area (Å²) in [5.74, 6) is -0.942. The molecular formula is C29H24N2O7. The SMILES string of the molecule is COc1ccc(C(=O)C2=C(O)C(=O)N(c3ccc(-c4ccon4)cc3)C2c2ccccc2OCCO)cc1. The summed E-state index contributed by atoms with van der Waals surface area (Å²) in [5, 5.41) is 24.3. The second kappa shape index (κ2) is 10.6. The number of hydrogen-bond donors (Lipinski definition) is 2. The normalized spacial score (nSPS) is 15.2. The van der Waals surface area contributed by atoms with Crippen LogP contribution in [0.4, 0.5) is 5.69 Å². The molecule has 9 heteroatoms. The van der Waals surface area contributed by atoms with E-state index in [9.17, 15) is 19.8 Å². The van der Waals surface area contributed by atoms with Crippen molar-refractivity contribution in [2.75, 3.05) is 25.2 Å². The van der Waals surface area contributed by atoms with Crippen LogP contribution in [0.15, 0.2) is 101 Å². The van der Waals surface area contributed by atoms with Crippen molar-refractivity contribution in [3.8, 4) is 22.8 Å². The number of ether oxygens (including phenoxy) is 2. The van der Waals surface area contributed by atoms with Crippen molar-refractivity contribution in [3.63, 3.8) is 0 Å². The molecule has 9 nitrogen and oxygen atoms in total. The highest BCUT2D eigenvalue weighted by atomic mass is 16.5. The van der Waals surface area contributed by atoms with Gasteiger partial charge in [-0.25, -0.2) is 0 Å². The molecule has 1 aliphatic heterocycles. The number of benzene rings is 3. The molecular weight excluding hydrogens is 488 g/mol. The summed E-state index contributed by atoms with van der Waals surface area (Å²) in [5.41, 5.74) is 2.52. The van der Waals surface area contributed by atoms with Crippen molar-refractivity contribution in [1.29, 1.82) is 0 Å². The molecule has 4 aromatic rings. The van der Waals surface area contributed by atoms with E-state index in [-0.39, 0.29) is 24.4 Å². The summed E-state index contributed by atoms with van der Waals surface area (Å²) in [6.45, 7) is -0.203. The summed E-state index contributed by atoms with van der Waals surface area (Å²) in [6.07, 6.45) is 1.46. The molecule has 192 valence electrons. The average molecular weight is 513 g/mol. The van der Waals surface area contributed by atoms with Crippen LogP contribution in [0, 0.1) is 0 Å². The molecule has 1 unspecified atom stereocenters. The second-order valence-electron chi connectivity index (χ2n) is 8.44. The maximum atomic E-state index is 13.8. The number of aromatic nitrogens is 1. The van der Waals surface area contributed by atoms with Gasteiger partial charge in [0.2, 0.25) is 0 Å². The van der Waals surface area contributed by atoms with Crippen molar-refractivity contribution in [2.24, 2.45) is 0 Å². The number of aliphatic hydroxyl groups is 2. The minimum Gasteiger partial charge on any atom is -0.503 e. The highest BCUT2D eigenvalue weighted by Gasteiger charge is 2.45. The molecule has 0 radical (unpaired) electrons. The number of carbonyl (C=O) groups is 2. The molecule has 0 spiro atoms. The van der Waals surface area contributed by atoms with E-state index in [1.54, 1.807) is 78.9 Å². The van der Waals surface area contributed by atoms with Crippen LogP contribution in [0.1, 0.15) is 22.0 Å². The Hall–Kier alpha value is -4.89. The quantitative estimate of drug-likeness (QED) is 0.314. The molecule has 38 heavy (non-hydrogen) atoms. The molecule has 0 saturated heterocycles. The maximum absolute atomic E-state index is 13.8. The predicted octanol–water partition coefficient (Wildman–Crippen LogP) is 4.50. The number of rotatable bonds is 9. The van der Waals surface area contributed by atoms with E-state index in [0.717, 1.165) is 5.56 Å². The van der Waals surface area contributed by atoms with Crippen molar-refractivity contribution in [2.45, 2.75) is 6.04 Å². The summed E-state index contributed by atoms with van der Waals surface area (Å²) >= 11 is 0. The van der Waals surface area contributed by atoms with E-state index in [1.165, 1.54) is 18.3 Å². The molecule has 0 aliphatic carbocycles. The van der Waals surface area contributed by atoms with Crippen molar-refractivity contribution >= 4 is 17.4 Å². The lowest BCUT2D eigenvalue weighted by molar-refractivity contribution is -0.117. The maximum Gasteiger partial charge on any atom is 0.294 e. The standard InChI is InChI=1S/C29H24N2O7/c1-36-21-12-8-19(9-13-21)27(33)25-26(22-4-2-3-5-24(22)37-17-15-32)31(29(35)28(25)34)20-10-6-18(7-11-20)23-14-16-38-30-23/h2-14,16,26,32,34H,15,17H2,1H3. The topological polar surface area (TPSA) is 122 Å². The van der Waals surface area contributed by atoms with Crippen LogP contribution in [0.25, 0.3) is 11.3 Å². The van der Waals surface area contributed by atoms with Crippen molar-refractivity contribution in [3.05, 3.63) is 108 Å². The highest BCUT2D eigenvalue weighted by molar-refractivity contribution is 6.21. The number of nitrogens with zero attached hydrogens (tertiary/aromatic N) is 2. The minimum atomic E-state index is -0.995. The van der Waals surface area contributed by atoms with Gasteiger partial charge in [-0.2, -0.15) is 0 Å². The summed E-state index contributed by atoms with van der Waals surface area (Å²) in [7, 11) is 1.52. The lowest BCUT2D eigenvalue weighted by atomic mass is 9.92. The number of ketones is 1. The molecule has 5 rings (SSSR count). The van der Waals surface area contributed by atoms with Gasteiger partial charge in [-0.05, 0) is 42.5 Å². The van der Waals surface area contributed by atoms with Gasteiger partial charge in [0.05, 0.1) is 25.3 Å². The van der Waals surface area contributed by atoms with Gasteiger partial charge in [-0.1, -0.05) is 35.5 Å². The number of aliphatic hydroxyl groups excluding tert-OH is 2. The number of methoxy groups -OCH3 is 1. The van der Waals surface area contributed by atoms with E-state index < -0.39 is 23.5 Å². The van der Waals surface area contributed by atoms with Crippen LogP contribution in [0.5, 0.6) is 11.5 Å². The lowest BCUT2D eigenvalue weighted by Gasteiger charge is -2.28. The summed E-state index contributed by atoms with van der Waals surface area (Å²) in [6, 6.07) is 21.0. The van der Waals surface area contributed by atoms with Crippen molar-refractivity contribution < 1.29 is 33.8 Å². The van der Waals surface area contributed by atoms with Crippen molar-refractivity contribution in [1.82, 2.24) is 5.16 Å². The zero-order valence-corrected chi connectivity index (χ0v) is 20.4. The number of hydrogen-bond acceptors (Lipinski definition) is 8. The van der Waals surface area contributed by atoms with E-state index >= 15 is 0 Å². The first-order valence-electron chi connectivity index (χ1n) is 11.8. The van der Waals surface area contributed by atoms with Gasteiger partial charge in [0.25, 0.3) is 5.91 Å². The highest BCUT2D eigenvalue weighted by Crippen LogP contribution is 2.45. The van der Waals surface area contributed by atoms with Crippen LogP contribution in [0.2, 0.25) is 0 Å². The number of Topliss-reactive ketones (excluding diaryl/α,β-unsaturated/α-hetero) is 1. The fraction of sp³-hybridized carbons (Fsp3) is 0.138. The third-order valence-electron chi connectivity index (χ3n) is 6.25. The molecule has 0 fully saturated rings. The molecule has 2 N–H and O–H groups in total. The number of anilines is 1. The smallest absolute Gasteiger partial charge is 0.294 e. The second-order valence-corrected chi connectivity index (χ2v) is 8.44. The number of para-hydroxylation sites is 1. The third-order valence-corrected chi connectivity index (χ3v) is 6.25. The zero-order chi connectivity index (χ0) is 26.6. The fourth-order valence-electron chi connectivity index (χ4n) is 4.44. The zero-order valence-electron chi connectivity index (χ0n) is 20.4. The van der Waals surface area contributed by atoms with E-state index in [1.807, 2.05) is 0 Å². The van der Waals surface area contributed by atoms with Crippen LogP contribution in [0.3, 0.4) is 0 Å². The summed E-state index contributed by atoms with van der Waals surface area (Å²) in [4.78, 5) is 28.6. The first-order chi connectivity index (χ1) is 18.5. The van der Waals surface area contributed by atoms with Gasteiger partial charge >= 0.3 is 0 Å². The number of amides is 1. The Morgan fingerprint density at radius 2 is 1.76 bits per heavy atom. The Kier molecular flexibility index (Phi) is 6.92. The molecule has 2 heterocycles. The Morgan fingerprint density at radius 3 is 2.42 bits per heavy atom. The molecule has 0 saturated carbocycles. The minimum absolute atomic E-state index is 0.0154. The molecule has 1 atom stereocenters. The molecule has 0 bridgehead atoms. The lowest BCUT2D eigenvalue weighted by Crippen LogP contribution is -2.31. The largest absolute Gasteiger partial charge is 0.503 e. The first kappa shape index (κ1) is 24.8. The van der Waals surface area contributed by atoms with Gasteiger partial charge < -0.3 is 24.2 Å². The average Bonchev–Trinajstić information content (AvgIpc) is 3.59. The van der Waals surface area contributed by atoms with Gasteiger partial charge in [0.15, 0.2) is 11.5 Å². The van der Waals surface area contributed by atoms with Gasteiger partial charge in [-0.15, -0.1) is 0 Å². The Bertz CT molecular complexity index is 1480. The van der Waals surface area contributed by atoms with Crippen LogP contribution in [-0.4, -0.2) is 47.4 Å². The first-order valence-corrected chi connectivity index (χ1v) is 11.8. The van der Waals surface area contributed by atoms with E-state index in [0.29, 0.717) is 28.4 Å². The summed E-state index contributed by atoms with van der Waals surface area (Å²) < 4.78 is 15.8. The molecule has 1 aromatic heterocycles. The third kappa shape index (κ3) is 4.51. The number of carbonyl (C=O) groups excluding carboxylic acids is 2. The van der Waals surface area contributed by atoms with Gasteiger partial charge in [-0.3, -0.25) is 14.5 Å². The van der Waals surface area contributed by atoms with Crippen LogP contribution in [-0.2, 0) is 4.79 Å². The van der Waals surface area contributed by atoms with Gasteiger partial charge in [0.1, 0.15) is 30.1 Å². The Morgan fingerprint density at radius 1 is 1.03 bits per heavy atom. The van der Waals surface area contributed by atoms with Crippen LogP contribution < -0.4 is 14.4 Å². The van der Waals surface area contributed by atoms with E-state index in [4.69, 9.17) is 14.0 Å². The predicted molar refractivity (Wildman–Crippen MR) is 138 cm³/mol. The Labute approximate surface area is 218 Å². The van der Waals surface area contributed by atoms with Gasteiger partial charge in [0, 0.05) is 28.4 Å². The molecule has 1 amide bonds. The monoisotopic (exact) mass is 512 g/mol. The fourth-order valence-corrected chi connectivity index (χ4v) is 4.44. The Balaban J connectivity index is 1.62. The van der Waals surface area contributed by atoms with Crippen LogP contribution >= 0.6 is 0 Å². The molecule has 3 aromatic carbocycles.